The van der Waals surface area contributed by atoms with Crippen molar-refractivity contribution in [2.45, 2.75) is 50.6 Å². The largest absolute Gasteiger partial charge is 0.334 e. The molecule has 1 unspecified atom stereocenters. The Bertz CT molecular complexity index is 860. The number of carbonyl (C=O) groups excluding carboxylic acids is 3. The Hall–Kier alpha value is -2.95. The molecule has 0 aromatic heterocycles. The number of hydrogen-bond acceptors (Lipinski definition) is 3. The number of hydrogen-bond donors (Lipinski definition) is 0. The Labute approximate surface area is 164 Å². The molecule has 4 rings (SSSR count). The number of benzene rings is 2. The normalized spacial score (nSPS) is 21.3. The second-order valence-electron chi connectivity index (χ2n) is 7.54. The third kappa shape index (κ3) is 3.44. The number of urea groups is 1. The van der Waals surface area contributed by atoms with Crippen molar-refractivity contribution in [1.82, 2.24) is 9.80 Å². The topological polar surface area (TPSA) is 57.7 Å². The van der Waals surface area contributed by atoms with Crippen LogP contribution < -0.4 is 0 Å². The lowest BCUT2D eigenvalue weighted by atomic mass is 9.89. The van der Waals surface area contributed by atoms with Crippen molar-refractivity contribution in [3.8, 4) is 0 Å². The highest BCUT2D eigenvalue weighted by Crippen LogP contribution is 2.33. The van der Waals surface area contributed by atoms with Gasteiger partial charge >= 0.3 is 6.03 Å². The minimum Gasteiger partial charge on any atom is -0.273 e. The van der Waals surface area contributed by atoms with Gasteiger partial charge in [-0.25, -0.2) is 4.79 Å². The number of imide groups is 2. The van der Waals surface area contributed by atoms with Crippen LogP contribution in [0.2, 0.25) is 0 Å². The Morgan fingerprint density at radius 2 is 1.36 bits per heavy atom. The second-order valence-corrected chi connectivity index (χ2v) is 7.54. The predicted octanol–water partition coefficient (Wildman–Crippen LogP) is 4.09. The molecule has 1 aliphatic carbocycles. The summed E-state index contributed by atoms with van der Waals surface area (Å²) < 4.78 is 0. The average molecular weight is 376 g/mol. The van der Waals surface area contributed by atoms with Gasteiger partial charge in [-0.05, 0) is 24.0 Å². The summed E-state index contributed by atoms with van der Waals surface area (Å²) in [5.74, 6) is -1.76. The van der Waals surface area contributed by atoms with E-state index in [-0.39, 0.29) is 18.5 Å². The monoisotopic (exact) mass is 376 g/mol. The summed E-state index contributed by atoms with van der Waals surface area (Å²) in [6.45, 7) is 0.179. The molecule has 1 saturated carbocycles. The van der Waals surface area contributed by atoms with E-state index in [2.05, 4.69) is 0 Å². The van der Waals surface area contributed by atoms with Crippen molar-refractivity contribution in [2.24, 2.45) is 0 Å². The first kappa shape index (κ1) is 18.4. The van der Waals surface area contributed by atoms with Crippen molar-refractivity contribution in [1.29, 1.82) is 0 Å². The van der Waals surface area contributed by atoms with Gasteiger partial charge in [-0.15, -0.1) is 0 Å². The highest BCUT2D eigenvalue weighted by atomic mass is 16.2. The molecule has 2 aromatic rings. The zero-order valence-corrected chi connectivity index (χ0v) is 15.8. The van der Waals surface area contributed by atoms with E-state index in [4.69, 9.17) is 0 Å². The van der Waals surface area contributed by atoms with Crippen molar-refractivity contribution in [3.05, 3.63) is 71.8 Å². The van der Waals surface area contributed by atoms with E-state index in [0.29, 0.717) is 5.56 Å². The van der Waals surface area contributed by atoms with Crippen LogP contribution >= 0.6 is 0 Å². The maximum atomic E-state index is 13.3. The van der Waals surface area contributed by atoms with Gasteiger partial charge in [0, 0.05) is 6.04 Å². The molecule has 5 heteroatoms. The Balaban J connectivity index is 1.71. The first-order valence-electron chi connectivity index (χ1n) is 9.94. The molecule has 0 bridgehead atoms. The lowest BCUT2D eigenvalue weighted by Crippen LogP contribution is -2.61. The van der Waals surface area contributed by atoms with Gasteiger partial charge in [0.05, 0.1) is 6.54 Å². The zero-order chi connectivity index (χ0) is 19.5. The molecule has 0 radical (unpaired) electrons. The van der Waals surface area contributed by atoms with Crippen LogP contribution in [0.3, 0.4) is 0 Å². The maximum Gasteiger partial charge on any atom is 0.334 e. The van der Waals surface area contributed by atoms with Crippen LogP contribution in [0.5, 0.6) is 0 Å². The van der Waals surface area contributed by atoms with E-state index in [0.717, 1.165) is 37.7 Å². The highest BCUT2D eigenvalue weighted by molar-refractivity contribution is 6.19. The predicted molar refractivity (Wildman–Crippen MR) is 105 cm³/mol. The fraction of sp³-hybridized carbons (Fsp3) is 0.348. The third-order valence-electron chi connectivity index (χ3n) is 5.69. The van der Waals surface area contributed by atoms with Gasteiger partial charge in [0.15, 0.2) is 0 Å². The second kappa shape index (κ2) is 7.97. The molecule has 1 heterocycles. The lowest BCUT2D eigenvalue weighted by molar-refractivity contribution is -0.147. The summed E-state index contributed by atoms with van der Waals surface area (Å²) in [5.41, 5.74) is 1.51. The lowest BCUT2D eigenvalue weighted by Gasteiger charge is -2.42. The molecule has 2 aliphatic rings. The molecule has 4 amide bonds. The quantitative estimate of drug-likeness (QED) is 0.755. The molecule has 2 aromatic carbocycles. The molecular formula is C23H24N2O3. The van der Waals surface area contributed by atoms with Gasteiger partial charge in [0.1, 0.15) is 5.92 Å². The Kier molecular flexibility index (Phi) is 5.24. The number of barbiturate groups is 1. The summed E-state index contributed by atoms with van der Waals surface area (Å²) in [5, 5.41) is 0. The molecule has 5 nitrogen and oxygen atoms in total. The van der Waals surface area contributed by atoms with Crippen LogP contribution in [-0.4, -0.2) is 33.7 Å². The SMILES string of the molecule is O=C1C(c2ccccc2)C(=O)N(C2CCCCC2)C(=O)N1Cc1ccccc1. The number of carbonyl (C=O) groups is 3. The van der Waals surface area contributed by atoms with Crippen molar-refractivity contribution in [2.75, 3.05) is 0 Å². The third-order valence-corrected chi connectivity index (χ3v) is 5.69. The minimum atomic E-state index is -0.954. The van der Waals surface area contributed by atoms with Gasteiger partial charge in [0.25, 0.3) is 0 Å². The molecule has 0 spiro atoms. The molecular weight excluding hydrogens is 352 g/mol. The summed E-state index contributed by atoms with van der Waals surface area (Å²) in [6.07, 6.45) is 4.76. The van der Waals surface area contributed by atoms with E-state index in [1.54, 1.807) is 12.1 Å². The van der Waals surface area contributed by atoms with E-state index in [1.807, 2.05) is 48.5 Å². The fourth-order valence-electron chi connectivity index (χ4n) is 4.24. The smallest absolute Gasteiger partial charge is 0.273 e. The van der Waals surface area contributed by atoms with Crippen LogP contribution in [0.25, 0.3) is 0 Å². The van der Waals surface area contributed by atoms with E-state index in [1.165, 1.54) is 9.80 Å². The number of rotatable bonds is 4. The minimum absolute atomic E-state index is 0.119. The summed E-state index contributed by atoms with van der Waals surface area (Å²) in [6, 6.07) is 17.9. The molecule has 28 heavy (non-hydrogen) atoms. The van der Waals surface area contributed by atoms with Gasteiger partial charge in [-0.2, -0.15) is 0 Å². The van der Waals surface area contributed by atoms with Crippen molar-refractivity contribution in [3.63, 3.8) is 0 Å². The fourth-order valence-corrected chi connectivity index (χ4v) is 4.24. The first-order chi connectivity index (χ1) is 13.7. The van der Waals surface area contributed by atoms with Crippen LogP contribution in [0, 0.1) is 0 Å². The number of amides is 4. The molecule has 2 fully saturated rings. The van der Waals surface area contributed by atoms with Crippen LogP contribution in [-0.2, 0) is 16.1 Å². The summed E-state index contributed by atoms with van der Waals surface area (Å²) in [7, 11) is 0. The maximum absolute atomic E-state index is 13.3. The molecule has 0 N–H and O–H groups in total. The van der Waals surface area contributed by atoms with Gasteiger partial charge in [-0.1, -0.05) is 79.9 Å². The molecule has 144 valence electrons. The zero-order valence-electron chi connectivity index (χ0n) is 15.8. The first-order valence-corrected chi connectivity index (χ1v) is 9.94. The van der Waals surface area contributed by atoms with E-state index >= 15 is 0 Å². The highest BCUT2D eigenvalue weighted by Gasteiger charge is 2.48. The Morgan fingerprint density at radius 1 is 0.750 bits per heavy atom. The van der Waals surface area contributed by atoms with E-state index in [9.17, 15) is 14.4 Å². The van der Waals surface area contributed by atoms with Crippen molar-refractivity contribution >= 4 is 17.8 Å². The van der Waals surface area contributed by atoms with E-state index < -0.39 is 17.9 Å². The van der Waals surface area contributed by atoms with Crippen LogP contribution in [0.15, 0.2) is 60.7 Å². The number of nitrogens with zero attached hydrogens (tertiary/aromatic N) is 2. The van der Waals surface area contributed by atoms with Crippen molar-refractivity contribution < 1.29 is 14.4 Å². The standard InChI is InChI=1S/C23H24N2O3/c26-21-20(18-12-6-2-7-13-18)22(27)25(19-14-8-3-9-15-19)23(28)24(21)16-17-10-4-1-5-11-17/h1-2,4-7,10-13,19-20H,3,8-9,14-16H2. The van der Waals surface area contributed by atoms with Gasteiger partial charge in [-0.3, -0.25) is 19.4 Å². The average Bonchev–Trinajstić information content (AvgIpc) is 2.74. The summed E-state index contributed by atoms with van der Waals surface area (Å²) >= 11 is 0. The molecule has 1 saturated heterocycles. The van der Waals surface area contributed by atoms with Crippen LogP contribution in [0.1, 0.15) is 49.1 Å². The summed E-state index contributed by atoms with van der Waals surface area (Å²) in [4.78, 5) is 42.4. The van der Waals surface area contributed by atoms with Gasteiger partial charge in [0.2, 0.25) is 11.8 Å². The van der Waals surface area contributed by atoms with Gasteiger partial charge < -0.3 is 0 Å². The van der Waals surface area contributed by atoms with Crippen LogP contribution in [0.4, 0.5) is 4.79 Å². The molecule has 1 aliphatic heterocycles. The Morgan fingerprint density at radius 3 is 2.00 bits per heavy atom. The molecule has 1 atom stereocenters.